The summed E-state index contributed by atoms with van der Waals surface area (Å²) < 4.78 is 34.7. The maximum absolute atomic E-state index is 13.0. The molecule has 2 N–H and O–H groups in total. The number of benzene rings is 1. The molecular weight excluding hydrogens is 310 g/mol. The summed E-state index contributed by atoms with van der Waals surface area (Å²) in [5.74, 6) is -0.408. The maximum Gasteiger partial charge on any atom is 0.586 e. The molecule has 0 saturated heterocycles. The molecule has 0 bridgehead atoms. The van der Waals surface area contributed by atoms with Crippen LogP contribution in [0.5, 0.6) is 11.5 Å². The Morgan fingerprint density at radius 2 is 1.87 bits per heavy atom. The van der Waals surface area contributed by atoms with Gasteiger partial charge in [-0.05, 0) is 12.1 Å². The van der Waals surface area contributed by atoms with Gasteiger partial charge in [0.05, 0.1) is 11.0 Å². The second-order valence-corrected chi connectivity index (χ2v) is 4.76. The summed E-state index contributed by atoms with van der Waals surface area (Å²) >= 11 is 0. The third-order valence-corrected chi connectivity index (χ3v) is 3.18. The average molecular weight is 318 g/mol. The van der Waals surface area contributed by atoms with Gasteiger partial charge in [0.25, 0.3) is 5.91 Å². The van der Waals surface area contributed by atoms with Crippen LogP contribution in [0, 0.1) is 0 Å². The summed E-state index contributed by atoms with van der Waals surface area (Å²) in [4.78, 5) is 22.8. The van der Waals surface area contributed by atoms with E-state index in [1.165, 1.54) is 24.5 Å². The van der Waals surface area contributed by atoms with Crippen molar-refractivity contribution in [3.8, 4) is 11.5 Å². The summed E-state index contributed by atoms with van der Waals surface area (Å²) in [5, 5.41) is 2.58. The van der Waals surface area contributed by atoms with Gasteiger partial charge in [0, 0.05) is 30.1 Å². The molecular formula is C14H8F2N4O3. The molecule has 0 aliphatic carbocycles. The monoisotopic (exact) mass is 318 g/mol. The number of aromatic nitrogens is 3. The second-order valence-electron chi connectivity index (χ2n) is 4.76. The van der Waals surface area contributed by atoms with Gasteiger partial charge >= 0.3 is 6.29 Å². The van der Waals surface area contributed by atoms with Crippen LogP contribution < -0.4 is 14.8 Å². The van der Waals surface area contributed by atoms with Gasteiger partial charge in [-0.3, -0.25) is 15.1 Å². The molecule has 2 aromatic heterocycles. The van der Waals surface area contributed by atoms with Gasteiger partial charge in [0.1, 0.15) is 0 Å². The van der Waals surface area contributed by atoms with Gasteiger partial charge in [-0.1, -0.05) is 0 Å². The molecule has 0 unspecified atom stereocenters. The summed E-state index contributed by atoms with van der Waals surface area (Å²) in [5.41, 5.74) is 1.19. The summed E-state index contributed by atoms with van der Waals surface area (Å²) in [6.45, 7) is 0. The smallest absolute Gasteiger partial charge is 0.395 e. The summed E-state index contributed by atoms with van der Waals surface area (Å²) in [6.07, 6.45) is -0.695. The number of ether oxygens (including phenoxy) is 2. The van der Waals surface area contributed by atoms with E-state index < -0.39 is 6.29 Å². The number of pyridine rings is 1. The van der Waals surface area contributed by atoms with Gasteiger partial charge in [-0.2, -0.15) is 0 Å². The zero-order valence-electron chi connectivity index (χ0n) is 11.3. The normalized spacial score (nSPS) is 14.9. The number of alkyl halides is 2. The van der Waals surface area contributed by atoms with Gasteiger partial charge in [0.15, 0.2) is 11.5 Å². The van der Waals surface area contributed by atoms with Crippen molar-refractivity contribution >= 4 is 22.9 Å². The quantitative estimate of drug-likeness (QED) is 0.758. The first-order valence-corrected chi connectivity index (χ1v) is 6.51. The number of fused-ring (bicyclic) bond motifs is 2. The lowest BCUT2D eigenvalue weighted by Gasteiger charge is -2.04. The van der Waals surface area contributed by atoms with Crippen LogP contribution in [0.15, 0.2) is 36.7 Å². The van der Waals surface area contributed by atoms with E-state index in [2.05, 4.69) is 29.7 Å². The number of hydrogen-bond acceptors (Lipinski definition) is 5. The predicted octanol–water partition coefficient (Wildman–Crippen LogP) is 2.53. The third-order valence-electron chi connectivity index (χ3n) is 3.18. The van der Waals surface area contributed by atoms with Crippen molar-refractivity contribution in [1.82, 2.24) is 15.0 Å². The number of carbonyl (C=O) groups excluding carboxylic acids is 1. The molecule has 9 heteroatoms. The topological polar surface area (TPSA) is 89.1 Å². The van der Waals surface area contributed by atoms with E-state index in [0.29, 0.717) is 16.6 Å². The Morgan fingerprint density at radius 1 is 1.17 bits per heavy atom. The lowest BCUT2D eigenvalue weighted by atomic mass is 10.2. The number of imidazole rings is 1. The highest BCUT2D eigenvalue weighted by Gasteiger charge is 2.43. The third kappa shape index (κ3) is 2.41. The van der Waals surface area contributed by atoms with Crippen LogP contribution in [0.4, 0.5) is 14.7 Å². The lowest BCUT2D eigenvalue weighted by Crippen LogP contribution is -2.25. The van der Waals surface area contributed by atoms with Gasteiger partial charge in [0.2, 0.25) is 5.95 Å². The zero-order valence-corrected chi connectivity index (χ0v) is 11.3. The molecule has 3 heterocycles. The molecule has 116 valence electrons. The first-order chi connectivity index (χ1) is 11.0. The standard InChI is InChI=1S/C14H8F2N4O3/c15-14(16)22-10-5-8-9(6-11(10)23-14)19-13(18-8)20-12(21)7-1-3-17-4-2-7/h1-6H,(H2,18,19,20,21). The first-order valence-electron chi connectivity index (χ1n) is 6.51. The number of carbonyl (C=O) groups is 1. The van der Waals surface area contributed by atoms with E-state index in [0.717, 1.165) is 0 Å². The number of nitrogens with one attached hydrogen (secondary N) is 2. The minimum absolute atomic E-state index is 0.0989. The number of H-pyrrole nitrogens is 1. The number of anilines is 1. The summed E-state index contributed by atoms with van der Waals surface area (Å²) in [7, 11) is 0. The average Bonchev–Trinajstić information content (AvgIpc) is 3.02. The fourth-order valence-electron chi connectivity index (χ4n) is 2.20. The molecule has 1 aromatic carbocycles. The molecule has 0 atom stereocenters. The number of aromatic amines is 1. The van der Waals surface area contributed by atoms with Crippen molar-refractivity contribution in [2.24, 2.45) is 0 Å². The second kappa shape index (κ2) is 4.63. The van der Waals surface area contributed by atoms with Crippen molar-refractivity contribution in [3.63, 3.8) is 0 Å². The van der Waals surface area contributed by atoms with Crippen LogP contribution in [-0.4, -0.2) is 27.2 Å². The molecule has 1 aliphatic heterocycles. The number of hydrogen-bond donors (Lipinski definition) is 2. The fourth-order valence-corrected chi connectivity index (χ4v) is 2.20. The number of amides is 1. The highest BCUT2D eigenvalue weighted by molar-refractivity contribution is 6.03. The van der Waals surface area contributed by atoms with E-state index >= 15 is 0 Å². The highest BCUT2D eigenvalue weighted by Crippen LogP contribution is 2.42. The van der Waals surface area contributed by atoms with Crippen LogP contribution in [-0.2, 0) is 0 Å². The van der Waals surface area contributed by atoms with Crippen LogP contribution in [0.2, 0.25) is 0 Å². The Hall–Kier alpha value is -3.23. The van der Waals surface area contributed by atoms with Crippen LogP contribution in [0.3, 0.4) is 0 Å². The zero-order chi connectivity index (χ0) is 16.0. The van der Waals surface area contributed by atoms with Crippen molar-refractivity contribution < 1.29 is 23.0 Å². The van der Waals surface area contributed by atoms with Crippen molar-refractivity contribution in [2.75, 3.05) is 5.32 Å². The molecule has 0 radical (unpaired) electrons. The Balaban J connectivity index is 1.62. The largest absolute Gasteiger partial charge is 0.586 e. The van der Waals surface area contributed by atoms with E-state index in [-0.39, 0.29) is 23.4 Å². The Bertz CT molecular complexity index is 866. The number of nitrogens with zero attached hydrogens (tertiary/aromatic N) is 2. The van der Waals surface area contributed by atoms with E-state index in [4.69, 9.17) is 0 Å². The molecule has 7 nitrogen and oxygen atoms in total. The van der Waals surface area contributed by atoms with Crippen LogP contribution in [0.1, 0.15) is 10.4 Å². The molecule has 3 aromatic rings. The number of halogens is 2. The Morgan fingerprint density at radius 3 is 2.61 bits per heavy atom. The molecule has 1 aliphatic rings. The minimum Gasteiger partial charge on any atom is -0.395 e. The molecule has 0 saturated carbocycles. The highest BCUT2D eigenvalue weighted by atomic mass is 19.3. The van der Waals surface area contributed by atoms with E-state index in [1.54, 1.807) is 12.1 Å². The van der Waals surface area contributed by atoms with Crippen molar-refractivity contribution in [1.29, 1.82) is 0 Å². The Kier molecular flexibility index (Phi) is 2.71. The molecule has 0 fully saturated rings. The molecule has 0 spiro atoms. The minimum atomic E-state index is -3.68. The van der Waals surface area contributed by atoms with E-state index in [9.17, 15) is 13.6 Å². The maximum atomic E-state index is 13.0. The number of rotatable bonds is 2. The van der Waals surface area contributed by atoms with Gasteiger partial charge in [-0.15, -0.1) is 8.78 Å². The van der Waals surface area contributed by atoms with Gasteiger partial charge in [-0.25, -0.2) is 4.98 Å². The van der Waals surface area contributed by atoms with Crippen molar-refractivity contribution in [2.45, 2.75) is 6.29 Å². The first kappa shape index (κ1) is 13.4. The molecule has 23 heavy (non-hydrogen) atoms. The van der Waals surface area contributed by atoms with Crippen molar-refractivity contribution in [3.05, 3.63) is 42.2 Å². The summed E-state index contributed by atoms with van der Waals surface area (Å²) in [6, 6.07) is 5.75. The van der Waals surface area contributed by atoms with Crippen LogP contribution >= 0.6 is 0 Å². The Labute approximate surface area is 127 Å². The fraction of sp³-hybridized carbons (Fsp3) is 0.0714. The molecule has 4 rings (SSSR count). The molecule has 1 amide bonds. The van der Waals surface area contributed by atoms with Crippen LogP contribution in [0.25, 0.3) is 11.0 Å². The van der Waals surface area contributed by atoms with Gasteiger partial charge < -0.3 is 14.5 Å². The SMILES string of the molecule is O=C(Nc1nc2cc3c(cc2[nH]1)OC(F)(F)O3)c1ccncc1. The predicted molar refractivity (Wildman–Crippen MR) is 74.5 cm³/mol. The lowest BCUT2D eigenvalue weighted by molar-refractivity contribution is -0.286. The van der Waals surface area contributed by atoms with E-state index in [1.807, 2.05) is 0 Å².